The Morgan fingerprint density at radius 2 is 2.00 bits per heavy atom. The van der Waals surface area contributed by atoms with Crippen molar-refractivity contribution in [1.82, 2.24) is 4.90 Å². The van der Waals surface area contributed by atoms with Crippen molar-refractivity contribution in [2.45, 2.75) is 18.9 Å². The van der Waals surface area contributed by atoms with E-state index in [9.17, 15) is 4.79 Å². The summed E-state index contributed by atoms with van der Waals surface area (Å²) < 4.78 is 22.8. The first-order valence-electron chi connectivity index (χ1n) is 10.1. The number of nitrogens with zero attached hydrogens (tertiary/aromatic N) is 1. The van der Waals surface area contributed by atoms with E-state index in [1.54, 1.807) is 25.3 Å². The highest BCUT2D eigenvalue weighted by molar-refractivity contribution is 6.30. The maximum absolute atomic E-state index is 13.2. The van der Waals surface area contributed by atoms with E-state index in [1.165, 1.54) is 0 Å². The fourth-order valence-electron chi connectivity index (χ4n) is 4.32. The molecule has 2 aliphatic heterocycles. The zero-order valence-electron chi connectivity index (χ0n) is 17.3. The fraction of sp³-hybridized carbons (Fsp3) is 0.292. The van der Waals surface area contributed by atoms with Crippen LogP contribution in [0, 0.1) is 0 Å². The summed E-state index contributed by atoms with van der Waals surface area (Å²) in [6.45, 7) is 1.01. The Bertz CT molecular complexity index is 1140. The van der Waals surface area contributed by atoms with Gasteiger partial charge in [-0.2, -0.15) is 0 Å². The molecule has 2 aliphatic rings. The van der Waals surface area contributed by atoms with Crippen LogP contribution in [0.1, 0.15) is 34.1 Å². The minimum absolute atomic E-state index is 0.0652. The Kier molecular flexibility index (Phi) is 5.12. The van der Waals surface area contributed by atoms with Crippen LogP contribution in [0.3, 0.4) is 0 Å². The van der Waals surface area contributed by atoms with Crippen molar-refractivity contribution in [1.29, 1.82) is 0 Å². The number of furan rings is 1. The molecule has 5 rings (SSSR count). The van der Waals surface area contributed by atoms with Gasteiger partial charge in [-0.15, -0.1) is 0 Å². The molecule has 31 heavy (non-hydrogen) atoms. The zero-order chi connectivity index (χ0) is 21.5. The number of carbonyl (C=O) groups is 1. The lowest BCUT2D eigenvalue weighted by Crippen LogP contribution is -2.34. The minimum Gasteiger partial charge on any atom is -0.492 e. The number of ether oxygens (including phenoxy) is 3. The summed E-state index contributed by atoms with van der Waals surface area (Å²) in [5, 5.41) is 0.653. The highest BCUT2D eigenvalue weighted by Crippen LogP contribution is 2.50. The van der Waals surface area contributed by atoms with Crippen LogP contribution < -0.4 is 14.2 Å². The molecule has 2 aromatic carbocycles. The van der Waals surface area contributed by atoms with Crippen LogP contribution in [0.15, 0.2) is 46.9 Å². The molecule has 0 N–H and O–H groups in total. The molecule has 0 saturated heterocycles. The van der Waals surface area contributed by atoms with Gasteiger partial charge in [-0.1, -0.05) is 11.6 Å². The van der Waals surface area contributed by atoms with E-state index >= 15 is 0 Å². The van der Waals surface area contributed by atoms with E-state index < -0.39 is 0 Å². The molecule has 0 radical (unpaired) electrons. The standard InChI is InChI=1S/C24H22ClNO5/c1-26-10-9-15-11-21-23(30-13-29-21)24(28-2)22(15)17(26)12-18(27)20-8-7-19(31-20)14-3-5-16(25)6-4-14/h3-8,11,17H,9-10,12-13H2,1-2H3/t17-/m0/s1. The van der Waals surface area contributed by atoms with Gasteiger partial charge in [-0.05, 0) is 61.5 Å². The summed E-state index contributed by atoms with van der Waals surface area (Å²) >= 11 is 5.96. The fourth-order valence-corrected chi connectivity index (χ4v) is 4.44. The third-order valence-electron chi connectivity index (χ3n) is 5.94. The molecule has 0 amide bonds. The number of hydrogen-bond acceptors (Lipinski definition) is 6. The van der Waals surface area contributed by atoms with Crippen LogP contribution in [0.25, 0.3) is 11.3 Å². The predicted octanol–water partition coefficient (Wildman–Crippen LogP) is 5.14. The van der Waals surface area contributed by atoms with Crippen LogP contribution in [-0.4, -0.2) is 38.2 Å². The van der Waals surface area contributed by atoms with Crippen molar-refractivity contribution in [3.63, 3.8) is 0 Å². The van der Waals surface area contributed by atoms with Crippen molar-refractivity contribution in [3.05, 3.63) is 64.4 Å². The molecule has 0 saturated carbocycles. The van der Waals surface area contributed by atoms with Gasteiger partial charge >= 0.3 is 0 Å². The van der Waals surface area contributed by atoms with E-state index in [2.05, 4.69) is 4.90 Å². The third kappa shape index (κ3) is 3.56. The number of likely N-dealkylation sites (N-methyl/N-ethyl adjacent to an activating group) is 1. The lowest BCUT2D eigenvalue weighted by molar-refractivity contribution is 0.0899. The maximum Gasteiger partial charge on any atom is 0.231 e. The Labute approximate surface area is 185 Å². The number of methoxy groups -OCH3 is 1. The summed E-state index contributed by atoms with van der Waals surface area (Å²) in [5.74, 6) is 2.87. The normalized spacial score (nSPS) is 17.5. The average Bonchev–Trinajstić information content (AvgIpc) is 3.44. The van der Waals surface area contributed by atoms with Gasteiger partial charge in [0.15, 0.2) is 23.0 Å². The van der Waals surface area contributed by atoms with Crippen LogP contribution >= 0.6 is 11.6 Å². The van der Waals surface area contributed by atoms with Crippen molar-refractivity contribution >= 4 is 17.4 Å². The number of Topliss-reactive ketones (excluding diaryl/α,β-unsaturated/α-hetero) is 1. The molecular weight excluding hydrogens is 418 g/mol. The molecule has 6 nitrogen and oxygen atoms in total. The van der Waals surface area contributed by atoms with E-state index in [0.717, 1.165) is 29.7 Å². The number of benzene rings is 2. The van der Waals surface area contributed by atoms with Gasteiger partial charge in [0.05, 0.1) is 7.11 Å². The topological polar surface area (TPSA) is 61.1 Å². The molecule has 0 fully saturated rings. The molecule has 160 valence electrons. The van der Waals surface area contributed by atoms with Crippen LogP contribution in [0.4, 0.5) is 0 Å². The molecular formula is C24H22ClNO5. The third-order valence-corrected chi connectivity index (χ3v) is 6.19. The van der Waals surface area contributed by atoms with E-state index in [-0.39, 0.29) is 25.0 Å². The number of fused-ring (bicyclic) bond motifs is 2. The molecule has 1 atom stereocenters. The van der Waals surface area contributed by atoms with Crippen molar-refractivity contribution in [2.24, 2.45) is 0 Å². The Balaban J connectivity index is 1.44. The predicted molar refractivity (Wildman–Crippen MR) is 116 cm³/mol. The van der Waals surface area contributed by atoms with Gasteiger partial charge in [0.1, 0.15) is 5.76 Å². The Hall–Kier alpha value is -2.96. The number of carbonyl (C=O) groups excluding carboxylic acids is 1. The van der Waals surface area contributed by atoms with Crippen LogP contribution in [-0.2, 0) is 6.42 Å². The number of hydrogen-bond donors (Lipinski definition) is 0. The summed E-state index contributed by atoms with van der Waals surface area (Å²) in [4.78, 5) is 15.3. The first kappa shape index (κ1) is 20.0. The van der Waals surface area contributed by atoms with Gasteiger partial charge in [0.25, 0.3) is 0 Å². The van der Waals surface area contributed by atoms with E-state index in [4.69, 9.17) is 30.2 Å². The second-order valence-electron chi connectivity index (χ2n) is 7.76. The molecule has 0 aliphatic carbocycles. The van der Waals surface area contributed by atoms with Gasteiger partial charge < -0.3 is 18.6 Å². The van der Waals surface area contributed by atoms with Crippen molar-refractivity contribution < 1.29 is 23.4 Å². The van der Waals surface area contributed by atoms with Gasteiger partial charge in [-0.3, -0.25) is 9.69 Å². The van der Waals surface area contributed by atoms with E-state index in [1.807, 2.05) is 31.3 Å². The summed E-state index contributed by atoms with van der Waals surface area (Å²) in [5.41, 5.74) is 2.98. The first-order chi connectivity index (χ1) is 15.0. The lowest BCUT2D eigenvalue weighted by atomic mass is 9.88. The summed E-state index contributed by atoms with van der Waals surface area (Å²) in [6, 6.07) is 12.7. The molecule has 0 spiro atoms. The second kappa shape index (κ2) is 7.94. The Morgan fingerprint density at radius 3 is 2.77 bits per heavy atom. The SMILES string of the molecule is COc1c2c(cc3c1[C@H](CC(=O)c1ccc(-c4ccc(Cl)cc4)o1)N(C)CC3)OCO2. The summed E-state index contributed by atoms with van der Waals surface area (Å²) in [6.07, 6.45) is 1.12. The van der Waals surface area contributed by atoms with Crippen molar-refractivity contribution in [2.75, 3.05) is 27.5 Å². The zero-order valence-corrected chi connectivity index (χ0v) is 18.1. The largest absolute Gasteiger partial charge is 0.492 e. The minimum atomic E-state index is -0.148. The van der Waals surface area contributed by atoms with E-state index in [0.29, 0.717) is 33.8 Å². The second-order valence-corrected chi connectivity index (χ2v) is 8.20. The van der Waals surface area contributed by atoms with Crippen molar-refractivity contribution in [3.8, 4) is 28.6 Å². The number of halogens is 1. The lowest BCUT2D eigenvalue weighted by Gasteiger charge is -2.35. The number of rotatable bonds is 5. The molecule has 3 aromatic rings. The van der Waals surface area contributed by atoms with Gasteiger partial charge in [-0.25, -0.2) is 0 Å². The monoisotopic (exact) mass is 439 g/mol. The molecule has 0 unspecified atom stereocenters. The van der Waals surface area contributed by atoms with Crippen LogP contribution in [0.2, 0.25) is 5.02 Å². The molecule has 7 heteroatoms. The summed E-state index contributed by atoms with van der Waals surface area (Å²) in [7, 11) is 3.64. The van der Waals surface area contributed by atoms with Crippen LogP contribution in [0.5, 0.6) is 17.2 Å². The van der Waals surface area contributed by atoms with Gasteiger partial charge in [0, 0.05) is 35.2 Å². The smallest absolute Gasteiger partial charge is 0.231 e. The Morgan fingerprint density at radius 1 is 1.19 bits per heavy atom. The number of ketones is 1. The molecule has 0 bridgehead atoms. The highest BCUT2D eigenvalue weighted by atomic mass is 35.5. The average molecular weight is 440 g/mol. The molecule has 1 aromatic heterocycles. The molecule has 3 heterocycles. The highest BCUT2D eigenvalue weighted by Gasteiger charge is 2.35. The quantitative estimate of drug-likeness (QED) is 0.513. The first-order valence-corrected chi connectivity index (χ1v) is 10.5. The maximum atomic E-state index is 13.2. The van der Waals surface area contributed by atoms with Gasteiger partial charge in [0.2, 0.25) is 12.5 Å².